The number of aromatic amines is 1. The molecule has 0 saturated heterocycles. The molecule has 0 amide bonds. The highest BCUT2D eigenvalue weighted by Crippen LogP contribution is 2.22. The van der Waals surface area contributed by atoms with E-state index >= 15 is 0 Å². The molecule has 0 fully saturated rings. The van der Waals surface area contributed by atoms with Crippen molar-refractivity contribution in [1.29, 1.82) is 0 Å². The fraction of sp³-hybridized carbons (Fsp3) is 0.143. The Morgan fingerprint density at radius 1 is 1.10 bits per heavy atom. The monoisotopic (exact) mass is 302 g/mol. The highest BCUT2D eigenvalue weighted by Gasteiger charge is 2.16. The van der Waals surface area contributed by atoms with E-state index in [0.29, 0.717) is 17.6 Å². The minimum atomic E-state index is -3.55. The predicted octanol–water partition coefficient (Wildman–Crippen LogP) is 1.48. The average molecular weight is 302 g/mol. The third-order valence-corrected chi connectivity index (χ3v) is 4.68. The van der Waals surface area contributed by atoms with Gasteiger partial charge in [0.2, 0.25) is 10.0 Å². The van der Waals surface area contributed by atoms with Gasteiger partial charge >= 0.3 is 0 Å². The van der Waals surface area contributed by atoms with Gasteiger partial charge in [-0.25, -0.2) is 18.1 Å². The van der Waals surface area contributed by atoms with Crippen LogP contribution in [0.15, 0.2) is 53.7 Å². The quantitative estimate of drug-likeness (QED) is 0.747. The largest absolute Gasteiger partial charge is 0.263 e. The average Bonchev–Trinajstić information content (AvgIpc) is 3.00. The molecule has 1 aromatic heterocycles. The molecular weight excluding hydrogens is 288 g/mol. The fourth-order valence-corrected chi connectivity index (χ4v) is 3.42. The molecule has 0 saturated carbocycles. The molecule has 0 bridgehead atoms. The molecule has 0 unspecified atom stereocenters. The van der Waals surface area contributed by atoms with Gasteiger partial charge in [-0.15, -0.1) is 0 Å². The van der Waals surface area contributed by atoms with E-state index in [1.165, 1.54) is 6.33 Å². The third-order valence-electron chi connectivity index (χ3n) is 3.16. The summed E-state index contributed by atoms with van der Waals surface area (Å²) in [5, 5.41) is 8.03. The highest BCUT2D eigenvalue weighted by atomic mass is 32.2. The maximum absolute atomic E-state index is 12.4. The molecule has 2 N–H and O–H groups in total. The van der Waals surface area contributed by atoms with Crippen LogP contribution in [-0.2, 0) is 16.4 Å². The number of hydrogen-bond donors (Lipinski definition) is 2. The Kier molecular flexibility index (Phi) is 3.68. The van der Waals surface area contributed by atoms with Crippen LogP contribution in [0.1, 0.15) is 5.82 Å². The van der Waals surface area contributed by atoms with Crippen LogP contribution in [0.4, 0.5) is 0 Å². The molecule has 0 spiro atoms. The van der Waals surface area contributed by atoms with Gasteiger partial charge in [-0.1, -0.05) is 36.4 Å². The number of hydrogen-bond acceptors (Lipinski definition) is 4. The normalized spacial score (nSPS) is 11.8. The highest BCUT2D eigenvalue weighted by molar-refractivity contribution is 7.89. The summed E-state index contributed by atoms with van der Waals surface area (Å²) in [5.74, 6) is 0.649. The van der Waals surface area contributed by atoms with E-state index < -0.39 is 10.0 Å². The van der Waals surface area contributed by atoms with Crippen LogP contribution in [-0.4, -0.2) is 30.1 Å². The fourth-order valence-electron chi connectivity index (χ4n) is 2.16. The Hall–Kier alpha value is -2.25. The first kappa shape index (κ1) is 13.7. The summed E-state index contributed by atoms with van der Waals surface area (Å²) in [6.07, 6.45) is 1.86. The summed E-state index contributed by atoms with van der Waals surface area (Å²) in [6.45, 7) is 0.265. The van der Waals surface area contributed by atoms with E-state index in [-0.39, 0.29) is 11.4 Å². The van der Waals surface area contributed by atoms with Crippen LogP contribution in [0.5, 0.6) is 0 Å². The van der Waals surface area contributed by atoms with E-state index in [4.69, 9.17) is 0 Å². The van der Waals surface area contributed by atoms with Crippen molar-refractivity contribution in [2.75, 3.05) is 6.54 Å². The van der Waals surface area contributed by atoms with Gasteiger partial charge in [0.05, 0.1) is 4.90 Å². The van der Waals surface area contributed by atoms with Gasteiger partial charge in [0.1, 0.15) is 12.2 Å². The Balaban J connectivity index is 1.83. The number of sulfonamides is 1. The molecule has 2 aromatic carbocycles. The van der Waals surface area contributed by atoms with Crippen LogP contribution >= 0.6 is 0 Å². The summed E-state index contributed by atoms with van der Waals surface area (Å²) in [6, 6.07) is 12.7. The van der Waals surface area contributed by atoms with Gasteiger partial charge < -0.3 is 0 Å². The first-order valence-electron chi connectivity index (χ1n) is 6.48. The SMILES string of the molecule is O=S(=O)(NCCc1ncn[nH]1)c1cccc2ccccc12. The van der Waals surface area contributed by atoms with Gasteiger partial charge in [-0.3, -0.25) is 5.10 Å². The van der Waals surface area contributed by atoms with E-state index in [1.807, 2.05) is 24.3 Å². The molecule has 0 radical (unpaired) electrons. The van der Waals surface area contributed by atoms with Crippen molar-refractivity contribution >= 4 is 20.8 Å². The number of nitrogens with zero attached hydrogens (tertiary/aromatic N) is 2. The number of benzene rings is 2. The lowest BCUT2D eigenvalue weighted by molar-refractivity contribution is 0.582. The van der Waals surface area contributed by atoms with E-state index in [1.54, 1.807) is 18.2 Å². The second kappa shape index (κ2) is 5.63. The van der Waals surface area contributed by atoms with E-state index in [0.717, 1.165) is 5.39 Å². The first-order chi connectivity index (χ1) is 10.2. The van der Waals surface area contributed by atoms with Crippen LogP contribution in [0.2, 0.25) is 0 Å². The summed E-state index contributed by atoms with van der Waals surface area (Å²) in [7, 11) is -3.55. The van der Waals surface area contributed by atoms with Crippen LogP contribution in [0.3, 0.4) is 0 Å². The molecule has 1 heterocycles. The second-order valence-electron chi connectivity index (χ2n) is 4.56. The van der Waals surface area contributed by atoms with Gasteiger partial charge in [0, 0.05) is 18.4 Å². The number of H-pyrrole nitrogens is 1. The smallest absolute Gasteiger partial charge is 0.241 e. The summed E-state index contributed by atoms with van der Waals surface area (Å²) in [5.41, 5.74) is 0. The number of rotatable bonds is 5. The van der Waals surface area contributed by atoms with E-state index in [9.17, 15) is 8.42 Å². The summed E-state index contributed by atoms with van der Waals surface area (Å²) >= 11 is 0. The number of fused-ring (bicyclic) bond motifs is 1. The molecular formula is C14H14N4O2S. The maximum atomic E-state index is 12.4. The van der Waals surface area contributed by atoms with Crippen molar-refractivity contribution in [3.05, 3.63) is 54.6 Å². The molecule has 0 aliphatic rings. The van der Waals surface area contributed by atoms with Crippen molar-refractivity contribution in [1.82, 2.24) is 19.9 Å². The van der Waals surface area contributed by atoms with Crippen LogP contribution < -0.4 is 4.72 Å². The Morgan fingerprint density at radius 3 is 2.71 bits per heavy atom. The number of aromatic nitrogens is 3. The lowest BCUT2D eigenvalue weighted by Gasteiger charge is -2.09. The zero-order valence-electron chi connectivity index (χ0n) is 11.2. The molecule has 3 aromatic rings. The standard InChI is InChI=1S/C14H14N4O2S/c19-21(20,17-9-8-14-15-10-16-18-14)13-7-3-5-11-4-1-2-6-12(11)13/h1-7,10,17H,8-9H2,(H,15,16,18). The molecule has 6 nitrogen and oxygen atoms in total. The Morgan fingerprint density at radius 2 is 1.90 bits per heavy atom. The van der Waals surface area contributed by atoms with Gasteiger partial charge in [0.15, 0.2) is 0 Å². The molecule has 7 heteroatoms. The van der Waals surface area contributed by atoms with Gasteiger partial charge in [0.25, 0.3) is 0 Å². The lowest BCUT2D eigenvalue weighted by atomic mass is 10.1. The maximum Gasteiger partial charge on any atom is 0.241 e. The molecule has 108 valence electrons. The van der Waals surface area contributed by atoms with Crippen LogP contribution in [0, 0.1) is 0 Å². The van der Waals surface area contributed by atoms with E-state index in [2.05, 4.69) is 19.9 Å². The lowest BCUT2D eigenvalue weighted by Crippen LogP contribution is -2.26. The Labute approximate surface area is 122 Å². The van der Waals surface area contributed by atoms with Crippen molar-refractivity contribution in [3.63, 3.8) is 0 Å². The van der Waals surface area contributed by atoms with Crippen molar-refractivity contribution in [2.24, 2.45) is 0 Å². The topological polar surface area (TPSA) is 87.7 Å². The van der Waals surface area contributed by atoms with Crippen molar-refractivity contribution in [2.45, 2.75) is 11.3 Å². The minimum absolute atomic E-state index is 0.265. The molecule has 0 aliphatic heterocycles. The molecule has 3 rings (SSSR count). The predicted molar refractivity (Wildman–Crippen MR) is 79.2 cm³/mol. The second-order valence-corrected chi connectivity index (χ2v) is 6.29. The van der Waals surface area contributed by atoms with Gasteiger partial charge in [-0.2, -0.15) is 5.10 Å². The zero-order chi connectivity index (χ0) is 14.7. The third kappa shape index (κ3) is 2.93. The minimum Gasteiger partial charge on any atom is -0.263 e. The van der Waals surface area contributed by atoms with Crippen LogP contribution in [0.25, 0.3) is 10.8 Å². The molecule has 0 aliphatic carbocycles. The Bertz CT molecular complexity index is 839. The molecule has 0 atom stereocenters. The van der Waals surface area contributed by atoms with Gasteiger partial charge in [-0.05, 0) is 11.5 Å². The summed E-state index contributed by atoms with van der Waals surface area (Å²) < 4.78 is 27.4. The first-order valence-corrected chi connectivity index (χ1v) is 7.97. The zero-order valence-corrected chi connectivity index (χ0v) is 12.0. The van der Waals surface area contributed by atoms with Crippen molar-refractivity contribution in [3.8, 4) is 0 Å². The molecule has 21 heavy (non-hydrogen) atoms. The number of nitrogens with one attached hydrogen (secondary N) is 2. The van der Waals surface area contributed by atoms with Crippen molar-refractivity contribution < 1.29 is 8.42 Å². The summed E-state index contributed by atoms with van der Waals surface area (Å²) in [4.78, 5) is 4.25.